The Morgan fingerprint density at radius 3 is 2.88 bits per heavy atom. The van der Waals surface area contributed by atoms with Crippen LogP contribution in [-0.4, -0.2) is 29.4 Å². The van der Waals surface area contributed by atoms with E-state index in [1.54, 1.807) is 18.3 Å². The highest BCUT2D eigenvalue weighted by atomic mass is 35.5. The summed E-state index contributed by atoms with van der Waals surface area (Å²) in [6.45, 7) is 3.88. The molecule has 1 unspecified atom stereocenters. The number of hydrogen-bond donors (Lipinski definition) is 1. The lowest BCUT2D eigenvalue weighted by Crippen LogP contribution is -2.47. The van der Waals surface area contributed by atoms with E-state index in [0.29, 0.717) is 17.3 Å². The predicted octanol–water partition coefficient (Wildman–Crippen LogP) is 2.23. The van der Waals surface area contributed by atoms with Crippen molar-refractivity contribution in [2.45, 2.75) is 25.8 Å². The Hall–Kier alpha value is -1.29. The second-order valence-electron chi connectivity index (χ2n) is 4.06. The third kappa shape index (κ3) is 3.33. The molecule has 0 aliphatic rings. The fourth-order valence-corrected chi connectivity index (χ4v) is 1.54. The number of carbonyl (C=O) groups excluding carboxylic acids is 1. The lowest BCUT2D eigenvalue weighted by atomic mass is 10.0. The highest BCUT2D eigenvalue weighted by Gasteiger charge is 2.25. The van der Waals surface area contributed by atoms with E-state index in [1.807, 2.05) is 13.8 Å². The van der Waals surface area contributed by atoms with Crippen LogP contribution in [-0.2, 0) is 0 Å². The molecule has 0 saturated carbocycles. The number of nitrogens with zero attached hydrogens (tertiary/aromatic N) is 1. The van der Waals surface area contributed by atoms with Gasteiger partial charge in [-0.25, -0.2) is 4.98 Å². The smallest absolute Gasteiger partial charge is 0.257 e. The number of carbonyl (C=O) groups is 1. The second kappa shape index (κ2) is 5.87. The number of methoxy groups -OCH3 is 1. The Balaban J connectivity index is 2.90. The molecule has 1 N–H and O–H groups in total. The molecular weight excluding hydrogens is 240 g/mol. The van der Waals surface area contributed by atoms with Gasteiger partial charge in [0.05, 0.1) is 12.6 Å². The van der Waals surface area contributed by atoms with Gasteiger partial charge in [0.25, 0.3) is 5.91 Å². The first-order chi connectivity index (χ1) is 8.06. The van der Waals surface area contributed by atoms with Gasteiger partial charge in [-0.1, -0.05) is 6.92 Å². The van der Waals surface area contributed by atoms with Crippen molar-refractivity contribution in [3.8, 4) is 5.88 Å². The first-order valence-electron chi connectivity index (χ1n) is 5.44. The molecule has 0 radical (unpaired) electrons. The minimum Gasteiger partial charge on any atom is -0.480 e. The number of rotatable bonds is 5. The van der Waals surface area contributed by atoms with E-state index in [1.165, 1.54) is 7.11 Å². The maximum atomic E-state index is 12.1. The molecule has 0 fully saturated rings. The lowest BCUT2D eigenvalue weighted by molar-refractivity contribution is 0.0908. The van der Waals surface area contributed by atoms with Crippen LogP contribution in [0.15, 0.2) is 18.3 Å². The monoisotopic (exact) mass is 256 g/mol. The number of aromatic nitrogens is 1. The number of hydrogen-bond acceptors (Lipinski definition) is 3. The van der Waals surface area contributed by atoms with Crippen LogP contribution >= 0.6 is 11.6 Å². The molecule has 0 aromatic carbocycles. The molecule has 0 saturated heterocycles. The maximum absolute atomic E-state index is 12.1. The minimum atomic E-state index is -0.417. The van der Waals surface area contributed by atoms with E-state index in [0.717, 1.165) is 6.42 Å². The molecule has 5 heteroatoms. The molecule has 1 amide bonds. The van der Waals surface area contributed by atoms with Crippen LogP contribution in [0.5, 0.6) is 5.88 Å². The number of amides is 1. The highest BCUT2D eigenvalue weighted by Crippen LogP contribution is 2.17. The lowest BCUT2D eigenvalue weighted by Gasteiger charge is -2.27. The van der Waals surface area contributed by atoms with Gasteiger partial charge < -0.3 is 10.1 Å². The number of ether oxygens (including phenoxy) is 1. The van der Waals surface area contributed by atoms with E-state index < -0.39 is 5.54 Å². The second-order valence-corrected chi connectivity index (χ2v) is 4.33. The van der Waals surface area contributed by atoms with Crippen molar-refractivity contribution in [2.75, 3.05) is 13.0 Å². The van der Waals surface area contributed by atoms with Gasteiger partial charge in [0.15, 0.2) is 0 Å². The highest BCUT2D eigenvalue weighted by molar-refractivity contribution is 6.18. The third-order valence-corrected chi connectivity index (χ3v) is 3.29. The fraction of sp³-hybridized carbons (Fsp3) is 0.500. The van der Waals surface area contributed by atoms with Crippen molar-refractivity contribution in [3.05, 3.63) is 23.9 Å². The quantitative estimate of drug-likeness (QED) is 0.822. The summed E-state index contributed by atoms with van der Waals surface area (Å²) in [6.07, 6.45) is 2.33. The summed E-state index contributed by atoms with van der Waals surface area (Å²) in [5, 5.41) is 2.89. The van der Waals surface area contributed by atoms with Gasteiger partial charge in [0, 0.05) is 12.1 Å². The standard InChI is InChI=1S/C12H17ClN2O2/c1-4-12(2,8-13)15-10(16)9-6-5-7-14-11(9)17-3/h5-7H,4,8H2,1-3H3,(H,15,16). The van der Waals surface area contributed by atoms with Crippen molar-refractivity contribution >= 4 is 17.5 Å². The van der Waals surface area contributed by atoms with Crippen LogP contribution in [0.25, 0.3) is 0 Å². The van der Waals surface area contributed by atoms with E-state index in [4.69, 9.17) is 16.3 Å². The minimum absolute atomic E-state index is 0.222. The summed E-state index contributed by atoms with van der Waals surface area (Å²) in [5.74, 6) is 0.454. The molecule has 1 aromatic heterocycles. The number of nitrogens with one attached hydrogen (secondary N) is 1. The van der Waals surface area contributed by atoms with Crippen molar-refractivity contribution in [2.24, 2.45) is 0 Å². The summed E-state index contributed by atoms with van der Waals surface area (Å²) in [7, 11) is 1.49. The molecular formula is C12H17ClN2O2. The Bertz CT molecular complexity index is 392. The summed E-state index contributed by atoms with van der Waals surface area (Å²) in [6, 6.07) is 3.37. The van der Waals surface area contributed by atoms with Crippen molar-refractivity contribution in [3.63, 3.8) is 0 Å². The summed E-state index contributed by atoms with van der Waals surface area (Å²) in [5.41, 5.74) is -0.000697. The fourth-order valence-electron chi connectivity index (χ4n) is 1.28. The van der Waals surface area contributed by atoms with Gasteiger partial charge in [-0.2, -0.15) is 0 Å². The summed E-state index contributed by atoms with van der Waals surface area (Å²) in [4.78, 5) is 16.1. The molecule has 17 heavy (non-hydrogen) atoms. The van der Waals surface area contributed by atoms with Gasteiger partial charge in [-0.05, 0) is 25.5 Å². The van der Waals surface area contributed by atoms with Gasteiger partial charge in [-0.3, -0.25) is 4.79 Å². The molecule has 4 nitrogen and oxygen atoms in total. The average molecular weight is 257 g/mol. The van der Waals surface area contributed by atoms with E-state index in [9.17, 15) is 4.79 Å². The molecule has 1 rings (SSSR count). The topological polar surface area (TPSA) is 51.2 Å². The van der Waals surface area contributed by atoms with Crippen LogP contribution in [0.1, 0.15) is 30.6 Å². The van der Waals surface area contributed by atoms with E-state index >= 15 is 0 Å². The van der Waals surface area contributed by atoms with Gasteiger partial charge in [-0.15, -0.1) is 11.6 Å². The van der Waals surface area contributed by atoms with Crippen LogP contribution in [0.3, 0.4) is 0 Å². The first-order valence-corrected chi connectivity index (χ1v) is 5.97. The molecule has 1 heterocycles. The van der Waals surface area contributed by atoms with Crippen LogP contribution < -0.4 is 10.1 Å². The summed E-state index contributed by atoms with van der Waals surface area (Å²) >= 11 is 5.85. The number of halogens is 1. The largest absolute Gasteiger partial charge is 0.480 e. The predicted molar refractivity (Wildman–Crippen MR) is 67.7 cm³/mol. The Labute approximate surface area is 106 Å². The van der Waals surface area contributed by atoms with Gasteiger partial charge >= 0.3 is 0 Å². The van der Waals surface area contributed by atoms with Gasteiger partial charge in [0.1, 0.15) is 5.56 Å². The van der Waals surface area contributed by atoms with Crippen molar-refractivity contribution < 1.29 is 9.53 Å². The van der Waals surface area contributed by atoms with E-state index in [2.05, 4.69) is 10.3 Å². The molecule has 0 bridgehead atoms. The normalized spacial score (nSPS) is 13.9. The molecule has 0 aliphatic heterocycles. The summed E-state index contributed by atoms with van der Waals surface area (Å²) < 4.78 is 5.04. The van der Waals surface area contributed by atoms with Crippen LogP contribution in [0.4, 0.5) is 0 Å². The third-order valence-electron chi connectivity index (χ3n) is 2.70. The molecule has 94 valence electrons. The average Bonchev–Trinajstić information content (AvgIpc) is 2.38. The first kappa shape index (κ1) is 13.8. The molecule has 0 aliphatic carbocycles. The zero-order valence-corrected chi connectivity index (χ0v) is 11.0. The van der Waals surface area contributed by atoms with Crippen molar-refractivity contribution in [1.82, 2.24) is 10.3 Å². The van der Waals surface area contributed by atoms with Crippen LogP contribution in [0, 0.1) is 0 Å². The molecule has 1 atom stereocenters. The number of alkyl halides is 1. The zero-order chi connectivity index (χ0) is 12.9. The Morgan fingerprint density at radius 2 is 2.35 bits per heavy atom. The van der Waals surface area contributed by atoms with Gasteiger partial charge in [0.2, 0.25) is 5.88 Å². The van der Waals surface area contributed by atoms with Crippen molar-refractivity contribution in [1.29, 1.82) is 0 Å². The molecule has 0 spiro atoms. The molecule has 1 aromatic rings. The van der Waals surface area contributed by atoms with E-state index in [-0.39, 0.29) is 5.91 Å². The van der Waals surface area contributed by atoms with Crippen LogP contribution in [0.2, 0.25) is 0 Å². The Kier molecular flexibility index (Phi) is 4.75. The Morgan fingerprint density at radius 1 is 1.65 bits per heavy atom. The zero-order valence-electron chi connectivity index (χ0n) is 10.3. The number of pyridine rings is 1. The SMILES string of the molecule is CCC(C)(CCl)NC(=O)c1cccnc1OC. The maximum Gasteiger partial charge on any atom is 0.257 e.